The molecule has 1 aliphatic carbocycles. The molecular weight excluding hydrogens is 362 g/mol. The van der Waals surface area contributed by atoms with E-state index in [-0.39, 0.29) is 18.0 Å². The number of hydrazine groups is 1. The van der Waals surface area contributed by atoms with E-state index in [9.17, 15) is 9.59 Å². The van der Waals surface area contributed by atoms with E-state index in [0.717, 1.165) is 6.42 Å². The molecule has 0 spiro atoms. The van der Waals surface area contributed by atoms with E-state index in [0.29, 0.717) is 33.9 Å². The molecule has 1 aromatic heterocycles. The van der Waals surface area contributed by atoms with Gasteiger partial charge in [0.1, 0.15) is 6.54 Å². The molecular formula is C19H25N5O2S. The average Bonchev–Trinajstić information content (AvgIpc) is 2.66. The van der Waals surface area contributed by atoms with Gasteiger partial charge in [0.15, 0.2) is 5.11 Å². The fourth-order valence-corrected chi connectivity index (χ4v) is 3.73. The number of carbonyl (C=O) groups excluding carboxylic acids is 1. The summed E-state index contributed by atoms with van der Waals surface area (Å²) in [7, 11) is 0. The van der Waals surface area contributed by atoms with Crippen LogP contribution in [0.25, 0.3) is 10.9 Å². The number of benzene rings is 1. The van der Waals surface area contributed by atoms with Gasteiger partial charge in [-0.15, -0.1) is 0 Å². The molecule has 1 aliphatic rings. The smallest absolute Gasteiger partial charge is 0.261 e. The monoisotopic (exact) mass is 387 g/mol. The fourth-order valence-electron chi connectivity index (χ4n) is 3.53. The van der Waals surface area contributed by atoms with Crippen molar-refractivity contribution in [3.63, 3.8) is 0 Å². The van der Waals surface area contributed by atoms with E-state index in [1.165, 1.54) is 23.7 Å². The third-order valence-corrected chi connectivity index (χ3v) is 5.60. The average molecular weight is 388 g/mol. The van der Waals surface area contributed by atoms with Crippen molar-refractivity contribution in [1.82, 2.24) is 25.7 Å². The topological polar surface area (TPSA) is 88.0 Å². The van der Waals surface area contributed by atoms with Crippen LogP contribution in [0.1, 0.15) is 33.1 Å². The zero-order chi connectivity index (χ0) is 19.4. The van der Waals surface area contributed by atoms with Crippen LogP contribution in [0.3, 0.4) is 0 Å². The summed E-state index contributed by atoms with van der Waals surface area (Å²) in [4.78, 5) is 28.8. The Morgan fingerprint density at radius 2 is 2.04 bits per heavy atom. The Balaban J connectivity index is 1.53. The molecule has 1 aromatic carbocycles. The van der Waals surface area contributed by atoms with Gasteiger partial charge in [0, 0.05) is 6.04 Å². The molecule has 1 amide bonds. The maximum atomic E-state index is 12.4. The molecule has 1 fully saturated rings. The summed E-state index contributed by atoms with van der Waals surface area (Å²) in [5.74, 6) is 0.806. The Labute approximate surface area is 163 Å². The Morgan fingerprint density at radius 3 is 2.85 bits per heavy atom. The quantitative estimate of drug-likeness (QED) is 0.549. The van der Waals surface area contributed by atoms with E-state index < -0.39 is 0 Å². The summed E-state index contributed by atoms with van der Waals surface area (Å²) in [5.41, 5.74) is 5.63. The van der Waals surface area contributed by atoms with Crippen molar-refractivity contribution in [3.8, 4) is 0 Å². The molecule has 3 atom stereocenters. The van der Waals surface area contributed by atoms with Gasteiger partial charge in [-0.2, -0.15) is 0 Å². The van der Waals surface area contributed by atoms with Crippen LogP contribution in [-0.2, 0) is 11.3 Å². The molecule has 0 radical (unpaired) electrons. The summed E-state index contributed by atoms with van der Waals surface area (Å²) < 4.78 is 1.28. The van der Waals surface area contributed by atoms with Crippen molar-refractivity contribution in [2.24, 2.45) is 11.8 Å². The summed E-state index contributed by atoms with van der Waals surface area (Å²) in [6, 6.07) is 7.35. The molecule has 7 nitrogen and oxygen atoms in total. The van der Waals surface area contributed by atoms with E-state index in [4.69, 9.17) is 12.2 Å². The highest BCUT2D eigenvalue weighted by Gasteiger charge is 2.27. The normalized spacial score (nSPS) is 22.2. The van der Waals surface area contributed by atoms with Crippen LogP contribution in [0, 0.1) is 11.8 Å². The second kappa shape index (κ2) is 8.47. The maximum Gasteiger partial charge on any atom is 0.261 e. The largest absolute Gasteiger partial charge is 0.358 e. The summed E-state index contributed by atoms with van der Waals surface area (Å²) in [6.45, 7) is 4.34. The number of nitrogens with one attached hydrogen (secondary N) is 3. The van der Waals surface area contributed by atoms with Crippen LogP contribution in [0.2, 0.25) is 0 Å². The lowest BCUT2D eigenvalue weighted by atomic mass is 9.78. The Kier molecular flexibility index (Phi) is 6.05. The van der Waals surface area contributed by atoms with Crippen LogP contribution in [0.4, 0.5) is 0 Å². The van der Waals surface area contributed by atoms with Crippen molar-refractivity contribution in [3.05, 3.63) is 40.9 Å². The lowest BCUT2D eigenvalue weighted by molar-refractivity contribution is -0.122. The van der Waals surface area contributed by atoms with E-state index in [1.807, 2.05) is 6.07 Å². The molecule has 8 heteroatoms. The molecule has 0 saturated heterocycles. The number of aromatic nitrogens is 2. The molecule has 1 heterocycles. The van der Waals surface area contributed by atoms with Crippen LogP contribution in [0.5, 0.6) is 0 Å². The number of hydrogen-bond acceptors (Lipinski definition) is 4. The minimum absolute atomic E-state index is 0.136. The number of thiocarbonyl (C=S) groups is 1. The molecule has 144 valence electrons. The lowest BCUT2D eigenvalue weighted by Gasteiger charge is -2.35. The van der Waals surface area contributed by atoms with Crippen molar-refractivity contribution in [2.45, 2.75) is 45.7 Å². The number of carbonyl (C=O) groups is 1. The fraction of sp³-hybridized carbons (Fsp3) is 0.474. The highest BCUT2D eigenvalue weighted by atomic mass is 32.1. The predicted octanol–water partition coefficient (Wildman–Crippen LogP) is 1.72. The van der Waals surface area contributed by atoms with E-state index in [1.54, 1.807) is 18.2 Å². The van der Waals surface area contributed by atoms with Crippen molar-refractivity contribution >= 4 is 34.1 Å². The van der Waals surface area contributed by atoms with Gasteiger partial charge in [-0.3, -0.25) is 25.0 Å². The van der Waals surface area contributed by atoms with Crippen molar-refractivity contribution < 1.29 is 4.79 Å². The van der Waals surface area contributed by atoms with E-state index in [2.05, 4.69) is 35.0 Å². The second-order valence-electron chi connectivity index (χ2n) is 7.22. The Hall–Kier alpha value is -2.48. The first-order valence-electron chi connectivity index (χ1n) is 9.25. The van der Waals surface area contributed by atoms with Gasteiger partial charge in [0.25, 0.3) is 11.5 Å². The number of amides is 1. The third kappa shape index (κ3) is 4.63. The molecule has 0 unspecified atom stereocenters. The SMILES string of the molecule is C[C@@H]1[C@H](C)CCC[C@H]1NC(=S)NNC(=O)Cn1cnc2ccccc2c1=O. The summed E-state index contributed by atoms with van der Waals surface area (Å²) >= 11 is 5.28. The van der Waals surface area contributed by atoms with Gasteiger partial charge >= 0.3 is 0 Å². The lowest BCUT2D eigenvalue weighted by Crippen LogP contribution is -2.53. The van der Waals surface area contributed by atoms with Crippen LogP contribution in [0.15, 0.2) is 35.4 Å². The number of fused-ring (bicyclic) bond motifs is 1. The Bertz CT molecular complexity index is 897. The molecule has 27 heavy (non-hydrogen) atoms. The van der Waals surface area contributed by atoms with Gasteiger partial charge in [-0.1, -0.05) is 38.8 Å². The zero-order valence-corrected chi connectivity index (χ0v) is 16.4. The molecule has 0 bridgehead atoms. The number of hydrogen-bond donors (Lipinski definition) is 3. The predicted molar refractivity (Wildman–Crippen MR) is 109 cm³/mol. The number of para-hydroxylation sites is 1. The highest BCUT2D eigenvalue weighted by molar-refractivity contribution is 7.80. The summed E-state index contributed by atoms with van der Waals surface area (Å²) in [6.07, 6.45) is 4.87. The number of nitrogens with zero attached hydrogens (tertiary/aromatic N) is 2. The molecule has 1 saturated carbocycles. The van der Waals surface area contributed by atoms with Gasteiger partial charge in [0.2, 0.25) is 0 Å². The number of rotatable bonds is 3. The minimum atomic E-state index is -0.372. The highest BCUT2D eigenvalue weighted by Crippen LogP contribution is 2.29. The summed E-state index contributed by atoms with van der Waals surface area (Å²) in [5, 5.41) is 4.15. The third-order valence-electron chi connectivity index (χ3n) is 5.38. The first kappa shape index (κ1) is 19.3. The standard InChI is InChI=1S/C19H25N5O2S/c1-12-6-5-9-15(13(12)2)21-19(27)23-22-17(25)10-24-11-20-16-8-4-3-7-14(16)18(24)26/h3-4,7-8,11-13,15H,5-6,9-10H2,1-2H3,(H,22,25)(H2,21,23,27)/t12-,13-,15-/m1/s1. The van der Waals surface area contributed by atoms with Gasteiger partial charge < -0.3 is 5.32 Å². The maximum absolute atomic E-state index is 12.4. The molecule has 3 N–H and O–H groups in total. The Morgan fingerprint density at radius 1 is 1.26 bits per heavy atom. The van der Waals surface area contributed by atoms with Crippen molar-refractivity contribution in [2.75, 3.05) is 0 Å². The molecule has 2 aromatic rings. The van der Waals surface area contributed by atoms with Gasteiger partial charge in [0.05, 0.1) is 17.2 Å². The van der Waals surface area contributed by atoms with Crippen LogP contribution in [-0.4, -0.2) is 26.6 Å². The van der Waals surface area contributed by atoms with Crippen LogP contribution >= 0.6 is 12.2 Å². The first-order chi connectivity index (χ1) is 13.0. The zero-order valence-electron chi connectivity index (χ0n) is 15.6. The molecule has 3 rings (SSSR count). The van der Waals surface area contributed by atoms with Crippen LogP contribution < -0.4 is 21.7 Å². The minimum Gasteiger partial charge on any atom is -0.358 e. The second-order valence-corrected chi connectivity index (χ2v) is 7.62. The van der Waals surface area contributed by atoms with Gasteiger partial charge in [-0.05, 0) is 42.6 Å². The van der Waals surface area contributed by atoms with Crippen molar-refractivity contribution in [1.29, 1.82) is 0 Å². The first-order valence-corrected chi connectivity index (χ1v) is 9.66. The molecule has 0 aliphatic heterocycles. The van der Waals surface area contributed by atoms with Gasteiger partial charge in [-0.25, -0.2) is 4.98 Å². The van der Waals surface area contributed by atoms with E-state index >= 15 is 0 Å².